The smallest absolute Gasteiger partial charge is 0.303 e. The van der Waals surface area contributed by atoms with Crippen LogP contribution in [0.15, 0.2) is 33.4 Å². The fourth-order valence-electron chi connectivity index (χ4n) is 2.28. The van der Waals surface area contributed by atoms with Gasteiger partial charge < -0.3 is 4.57 Å². The van der Waals surface area contributed by atoms with Gasteiger partial charge in [-0.05, 0) is 39.0 Å². The van der Waals surface area contributed by atoms with Crippen molar-refractivity contribution in [1.82, 2.24) is 24.5 Å². The van der Waals surface area contributed by atoms with Gasteiger partial charge in [-0.25, -0.2) is 4.68 Å². The largest absolute Gasteiger partial charge is 0.307 e. The van der Waals surface area contributed by atoms with Crippen molar-refractivity contribution in [3.63, 3.8) is 0 Å². The van der Waals surface area contributed by atoms with E-state index in [1.807, 2.05) is 44.4 Å². The van der Waals surface area contributed by atoms with E-state index in [1.165, 1.54) is 11.3 Å². The molecule has 0 unspecified atom stereocenters. The second kappa shape index (κ2) is 6.67. The van der Waals surface area contributed by atoms with Gasteiger partial charge >= 0.3 is 4.87 Å². The molecule has 8 heteroatoms. The van der Waals surface area contributed by atoms with Crippen LogP contribution in [0.5, 0.6) is 0 Å². The van der Waals surface area contributed by atoms with Crippen LogP contribution in [0.1, 0.15) is 17.1 Å². The zero-order chi connectivity index (χ0) is 16.4. The van der Waals surface area contributed by atoms with Crippen LogP contribution in [0.2, 0.25) is 0 Å². The van der Waals surface area contributed by atoms with E-state index in [1.54, 1.807) is 21.0 Å². The maximum atomic E-state index is 11.7. The first-order chi connectivity index (χ1) is 11.0. The van der Waals surface area contributed by atoms with Gasteiger partial charge in [-0.15, -0.1) is 22.0 Å². The lowest BCUT2D eigenvalue weighted by Crippen LogP contribution is -2.15. The fourth-order valence-corrected chi connectivity index (χ4v) is 3.79. The Kier molecular flexibility index (Phi) is 4.63. The van der Waals surface area contributed by atoms with E-state index in [0.717, 1.165) is 27.9 Å². The zero-order valence-electron chi connectivity index (χ0n) is 13.2. The van der Waals surface area contributed by atoms with E-state index in [-0.39, 0.29) is 4.87 Å². The molecule has 120 valence electrons. The van der Waals surface area contributed by atoms with Crippen LogP contribution in [0.4, 0.5) is 0 Å². The number of nitrogens with zero attached hydrogens (tertiary/aromatic N) is 5. The van der Waals surface area contributed by atoms with Crippen molar-refractivity contribution >= 4 is 23.1 Å². The molecule has 0 amide bonds. The Labute approximate surface area is 142 Å². The van der Waals surface area contributed by atoms with E-state index in [9.17, 15) is 4.79 Å². The number of thioether (sulfide) groups is 1. The topological polar surface area (TPSA) is 65.6 Å². The van der Waals surface area contributed by atoms with Crippen LogP contribution in [0.3, 0.4) is 0 Å². The number of aryl methyl sites for hydroxylation is 3. The zero-order valence-corrected chi connectivity index (χ0v) is 14.8. The van der Waals surface area contributed by atoms with E-state index < -0.39 is 0 Å². The minimum Gasteiger partial charge on any atom is -0.303 e. The Hall–Kier alpha value is -1.93. The van der Waals surface area contributed by atoms with Gasteiger partial charge in [0.15, 0.2) is 5.82 Å². The van der Waals surface area contributed by atoms with Crippen LogP contribution in [-0.2, 0) is 6.54 Å². The summed E-state index contributed by atoms with van der Waals surface area (Å²) >= 11 is 2.83. The van der Waals surface area contributed by atoms with E-state index >= 15 is 0 Å². The Bertz CT molecular complexity index is 863. The lowest BCUT2D eigenvalue weighted by Gasteiger charge is -2.05. The molecule has 3 rings (SSSR count). The molecule has 0 bridgehead atoms. The summed E-state index contributed by atoms with van der Waals surface area (Å²) in [6.07, 6.45) is 0. The van der Waals surface area contributed by atoms with E-state index in [4.69, 9.17) is 0 Å². The Morgan fingerprint density at radius 2 is 2.00 bits per heavy atom. The average Bonchev–Trinajstić information content (AvgIpc) is 3.03. The van der Waals surface area contributed by atoms with Crippen molar-refractivity contribution in [3.8, 4) is 5.82 Å². The normalized spacial score (nSPS) is 11.1. The molecule has 0 spiro atoms. The quantitative estimate of drug-likeness (QED) is 0.664. The summed E-state index contributed by atoms with van der Waals surface area (Å²) in [5.41, 5.74) is 3.00. The van der Waals surface area contributed by atoms with E-state index in [0.29, 0.717) is 12.4 Å². The first-order valence-corrected chi connectivity index (χ1v) is 9.06. The molecule has 0 saturated heterocycles. The van der Waals surface area contributed by atoms with Crippen molar-refractivity contribution in [1.29, 1.82) is 0 Å². The minimum absolute atomic E-state index is 0.0917. The number of hydrogen-bond acceptors (Lipinski definition) is 6. The molecule has 0 saturated carbocycles. The van der Waals surface area contributed by atoms with E-state index in [2.05, 4.69) is 15.3 Å². The fraction of sp³-hybridized carbons (Fsp3) is 0.333. The molecule has 0 fully saturated rings. The maximum Gasteiger partial charge on any atom is 0.307 e. The second-order valence-corrected chi connectivity index (χ2v) is 7.15. The lowest BCUT2D eigenvalue weighted by molar-refractivity contribution is 0.729. The molecule has 6 nitrogen and oxygen atoms in total. The molecule has 0 aromatic carbocycles. The van der Waals surface area contributed by atoms with Crippen LogP contribution in [0.25, 0.3) is 5.82 Å². The monoisotopic (exact) mass is 347 g/mol. The molecule has 3 aromatic heterocycles. The highest BCUT2D eigenvalue weighted by molar-refractivity contribution is 7.99. The molecule has 0 atom stereocenters. The van der Waals surface area contributed by atoms with Gasteiger partial charge in [-0.1, -0.05) is 11.3 Å². The van der Waals surface area contributed by atoms with Gasteiger partial charge in [0.25, 0.3) is 0 Å². The lowest BCUT2D eigenvalue weighted by atomic mass is 10.4. The Balaban J connectivity index is 1.64. The Morgan fingerprint density at radius 3 is 2.57 bits per heavy atom. The molecule has 0 N–H and O–H groups in total. The first-order valence-electron chi connectivity index (χ1n) is 7.19. The van der Waals surface area contributed by atoms with Gasteiger partial charge in [-0.2, -0.15) is 5.10 Å². The van der Waals surface area contributed by atoms with Gasteiger partial charge in [0.05, 0.1) is 5.69 Å². The summed E-state index contributed by atoms with van der Waals surface area (Å²) in [5, 5.41) is 15.6. The molecule has 3 heterocycles. The molecule has 0 aliphatic carbocycles. The summed E-state index contributed by atoms with van der Waals surface area (Å²) < 4.78 is 3.57. The molecule has 0 radical (unpaired) electrons. The number of hydrogen-bond donors (Lipinski definition) is 0. The summed E-state index contributed by atoms with van der Waals surface area (Å²) in [7, 11) is 0. The van der Waals surface area contributed by atoms with Crippen LogP contribution >= 0.6 is 23.1 Å². The van der Waals surface area contributed by atoms with Crippen molar-refractivity contribution < 1.29 is 0 Å². The summed E-state index contributed by atoms with van der Waals surface area (Å²) in [4.78, 5) is 11.7. The number of thiazole rings is 1. The minimum atomic E-state index is 0.0917. The molecule has 23 heavy (non-hydrogen) atoms. The summed E-state index contributed by atoms with van der Waals surface area (Å²) in [6, 6.07) is 5.86. The first kappa shape index (κ1) is 15.9. The van der Waals surface area contributed by atoms with Gasteiger partial charge in [-0.3, -0.25) is 4.79 Å². The Morgan fingerprint density at radius 1 is 1.17 bits per heavy atom. The predicted molar refractivity (Wildman–Crippen MR) is 92.7 cm³/mol. The third-order valence-electron chi connectivity index (χ3n) is 3.39. The third-order valence-corrected chi connectivity index (χ3v) is 5.18. The van der Waals surface area contributed by atoms with Crippen molar-refractivity contribution in [2.75, 3.05) is 5.75 Å². The van der Waals surface area contributed by atoms with Gasteiger partial charge in [0, 0.05) is 29.1 Å². The number of aromatic nitrogens is 5. The predicted octanol–water partition coefficient (Wildman–Crippen LogP) is 2.60. The molecule has 0 aliphatic rings. The SMILES string of the molecule is Cc1cc(C)n(-c2ccc(SCCn3c(C)csc3=O)nn2)n1. The van der Waals surface area contributed by atoms with Crippen molar-refractivity contribution in [2.45, 2.75) is 32.3 Å². The third kappa shape index (κ3) is 3.53. The second-order valence-electron chi connectivity index (χ2n) is 5.21. The molecular weight excluding hydrogens is 330 g/mol. The van der Waals surface area contributed by atoms with Gasteiger partial charge in [0.2, 0.25) is 0 Å². The van der Waals surface area contributed by atoms with Crippen LogP contribution < -0.4 is 4.87 Å². The summed E-state index contributed by atoms with van der Waals surface area (Å²) in [6.45, 7) is 6.58. The van der Waals surface area contributed by atoms with Crippen LogP contribution in [0, 0.1) is 20.8 Å². The molecule has 3 aromatic rings. The number of rotatable bonds is 5. The highest BCUT2D eigenvalue weighted by Gasteiger charge is 2.07. The highest BCUT2D eigenvalue weighted by Crippen LogP contribution is 2.16. The van der Waals surface area contributed by atoms with Crippen molar-refractivity contribution in [2.24, 2.45) is 0 Å². The highest BCUT2D eigenvalue weighted by atomic mass is 32.2. The van der Waals surface area contributed by atoms with Gasteiger partial charge in [0.1, 0.15) is 5.03 Å². The molecular formula is C15H17N5OS2. The molecule has 0 aliphatic heterocycles. The standard InChI is InChI=1S/C15H17N5OS2/c1-10-8-11(2)20(18-10)13-4-5-14(17-16-13)22-7-6-19-12(3)9-23-15(19)21/h4-5,8-9H,6-7H2,1-3H3. The van der Waals surface area contributed by atoms with Crippen molar-refractivity contribution in [3.05, 3.63) is 50.3 Å². The summed E-state index contributed by atoms with van der Waals surface area (Å²) in [5.74, 6) is 1.50. The van der Waals surface area contributed by atoms with Crippen LogP contribution in [-0.4, -0.2) is 30.3 Å². The maximum absolute atomic E-state index is 11.7. The average molecular weight is 347 g/mol.